The lowest BCUT2D eigenvalue weighted by Gasteiger charge is -2.22. The van der Waals surface area contributed by atoms with Crippen molar-refractivity contribution in [3.8, 4) is 0 Å². The second-order valence-corrected chi connectivity index (χ2v) is 9.79. The van der Waals surface area contributed by atoms with Crippen molar-refractivity contribution >= 4 is 56.0 Å². The van der Waals surface area contributed by atoms with E-state index in [4.69, 9.17) is 16.6 Å². The second-order valence-electron chi connectivity index (χ2n) is 7.18. The van der Waals surface area contributed by atoms with E-state index in [0.29, 0.717) is 18.0 Å². The predicted octanol–water partition coefficient (Wildman–Crippen LogP) is 5.73. The highest BCUT2D eigenvalue weighted by Crippen LogP contribution is 2.33. The van der Waals surface area contributed by atoms with E-state index in [1.54, 1.807) is 11.8 Å². The van der Waals surface area contributed by atoms with Gasteiger partial charge in [0.05, 0.1) is 10.2 Å². The molecule has 29 heavy (non-hydrogen) atoms. The van der Waals surface area contributed by atoms with Crippen molar-refractivity contribution < 1.29 is 4.79 Å². The summed E-state index contributed by atoms with van der Waals surface area (Å²) in [5, 5.41) is 1.46. The van der Waals surface area contributed by atoms with Gasteiger partial charge in [-0.1, -0.05) is 41.1 Å². The van der Waals surface area contributed by atoms with Crippen molar-refractivity contribution in [2.45, 2.75) is 24.7 Å². The highest BCUT2D eigenvalue weighted by Gasteiger charge is 2.20. The molecule has 0 spiro atoms. The minimum absolute atomic E-state index is 0.128. The first-order chi connectivity index (χ1) is 13.9. The molecule has 1 amide bonds. The number of halogens is 1. The Hall–Kier alpha value is -1.60. The third kappa shape index (κ3) is 6.19. The zero-order chi connectivity index (χ0) is 20.8. The maximum absolute atomic E-state index is 13.0. The average molecular weight is 448 g/mol. The number of hydrogen-bond donors (Lipinski definition) is 0. The van der Waals surface area contributed by atoms with Gasteiger partial charge in [0.15, 0.2) is 5.13 Å². The highest BCUT2D eigenvalue weighted by atomic mass is 35.5. The molecule has 0 N–H and O–H groups in total. The minimum atomic E-state index is 0.128. The first-order valence-electron chi connectivity index (χ1n) is 9.63. The van der Waals surface area contributed by atoms with Gasteiger partial charge in [-0.15, -0.1) is 11.8 Å². The van der Waals surface area contributed by atoms with Crippen LogP contribution in [-0.2, 0) is 4.79 Å². The van der Waals surface area contributed by atoms with Crippen LogP contribution in [0.1, 0.15) is 18.4 Å². The summed E-state index contributed by atoms with van der Waals surface area (Å²) in [5.74, 6) is 1.05. The summed E-state index contributed by atoms with van der Waals surface area (Å²) in [6.45, 7) is 3.43. The van der Waals surface area contributed by atoms with E-state index in [1.165, 1.54) is 16.2 Å². The van der Waals surface area contributed by atoms with E-state index in [1.807, 2.05) is 56.3 Å². The number of aryl methyl sites for hydroxylation is 1. The standard InChI is InChI=1S/C22H26ClN3OS2/c1-16-14-17(23)15-19-21(16)24-22(29-19)26(12-11-25(2)3)20(27)10-7-13-28-18-8-5-4-6-9-18/h4-6,8-9,14-15H,7,10-13H2,1-3H3. The zero-order valence-corrected chi connectivity index (χ0v) is 19.4. The first kappa shape index (κ1) is 22.1. The van der Waals surface area contributed by atoms with Crippen molar-refractivity contribution in [1.82, 2.24) is 9.88 Å². The molecular weight excluding hydrogens is 422 g/mol. The summed E-state index contributed by atoms with van der Waals surface area (Å²) in [4.78, 5) is 23.0. The van der Waals surface area contributed by atoms with Crippen LogP contribution < -0.4 is 4.90 Å². The van der Waals surface area contributed by atoms with E-state index in [9.17, 15) is 4.79 Å². The van der Waals surface area contributed by atoms with Crippen molar-refractivity contribution in [2.24, 2.45) is 0 Å². The van der Waals surface area contributed by atoms with Gasteiger partial charge in [-0.25, -0.2) is 4.98 Å². The first-order valence-corrected chi connectivity index (χ1v) is 11.8. The minimum Gasteiger partial charge on any atom is -0.308 e. The smallest absolute Gasteiger partial charge is 0.228 e. The van der Waals surface area contributed by atoms with Crippen molar-refractivity contribution in [2.75, 3.05) is 37.8 Å². The molecule has 2 aromatic carbocycles. The number of amides is 1. The van der Waals surface area contributed by atoms with Crippen molar-refractivity contribution in [3.05, 3.63) is 53.1 Å². The molecule has 0 radical (unpaired) electrons. The number of thiazole rings is 1. The predicted molar refractivity (Wildman–Crippen MR) is 127 cm³/mol. The van der Waals surface area contributed by atoms with Crippen molar-refractivity contribution in [1.29, 1.82) is 0 Å². The van der Waals surface area contributed by atoms with Gasteiger partial charge in [0.25, 0.3) is 0 Å². The van der Waals surface area contributed by atoms with E-state index < -0.39 is 0 Å². The van der Waals surface area contributed by atoms with Gasteiger partial charge in [-0.2, -0.15) is 0 Å². The van der Waals surface area contributed by atoms with Crippen LogP contribution in [0.4, 0.5) is 5.13 Å². The topological polar surface area (TPSA) is 36.4 Å². The molecular formula is C22H26ClN3OS2. The van der Waals surface area contributed by atoms with Gasteiger partial charge in [-0.3, -0.25) is 9.69 Å². The van der Waals surface area contributed by atoms with E-state index in [-0.39, 0.29) is 5.91 Å². The maximum atomic E-state index is 13.0. The van der Waals surface area contributed by atoms with Gasteiger partial charge in [0, 0.05) is 29.4 Å². The summed E-state index contributed by atoms with van der Waals surface area (Å²) >= 11 is 9.53. The fourth-order valence-electron chi connectivity index (χ4n) is 2.95. The molecule has 4 nitrogen and oxygen atoms in total. The number of anilines is 1. The lowest BCUT2D eigenvalue weighted by atomic mass is 10.2. The Morgan fingerprint density at radius 1 is 1.17 bits per heavy atom. The van der Waals surface area contributed by atoms with E-state index in [0.717, 1.165) is 39.6 Å². The van der Waals surface area contributed by atoms with Crippen LogP contribution in [0.3, 0.4) is 0 Å². The SMILES string of the molecule is Cc1cc(Cl)cc2sc(N(CCN(C)C)C(=O)CCCSc3ccccc3)nc12. The molecule has 0 saturated heterocycles. The van der Waals surface area contributed by atoms with E-state index >= 15 is 0 Å². The molecule has 0 bridgehead atoms. The number of aromatic nitrogens is 1. The fraction of sp³-hybridized carbons (Fsp3) is 0.364. The molecule has 0 saturated carbocycles. The Bertz CT molecular complexity index is 959. The fourth-order valence-corrected chi connectivity index (χ4v) is 5.29. The molecule has 0 fully saturated rings. The van der Waals surface area contributed by atoms with Gasteiger partial charge in [0.1, 0.15) is 0 Å². The second kappa shape index (κ2) is 10.4. The number of thioether (sulfide) groups is 1. The summed E-state index contributed by atoms with van der Waals surface area (Å²) in [6, 6.07) is 14.1. The molecule has 0 unspecified atom stereocenters. The van der Waals surface area contributed by atoms with Crippen LogP contribution in [0, 0.1) is 6.92 Å². The van der Waals surface area contributed by atoms with Crippen molar-refractivity contribution in [3.63, 3.8) is 0 Å². The van der Waals surface area contributed by atoms with E-state index in [2.05, 4.69) is 17.0 Å². The number of rotatable bonds is 9. The molecule has 0 aliphatic heterocycles. The largest absolute Gasteiger partial charge is 0.308 e. The van der Waals surface area contributed by atoms with Crippen LogP contribution >= 0.6 is 34.7 Å². The number of hydrogen-bond acceptors (Lipinski definition) is 5. The number of benzene rings is 2. The Morgan fingerprint density at radius 3 is 2.66 bits per heavy atom. The number of fused-ring (bicyclic) bond motifs is 1. The van der Waals surface area contributed by atoms with Crippen LogP contribution in [0.2, 0.25) is 5.02 Å². The molecule has 3 aromatic rings. The Kier molecular flexibility index (Phi) is 7.95. The van der Waals surface area contributed by atoms with Crippen LogP contribution in [0.5, 0.6) is 0 Å². The molecule has 7 heteroatoms. The van der Waals surface area contributed by atoms with Gasteiger partial charge in [-0.05, 0) is 63.0 Å². The van der Waals surface area contributed by atoms with Gasteiger partial charge in [0.2, 0.25) is 5.91 Å². The maximum Gasteiger partial charge on any atom is 0.228 e. The van der Waals surface area contributed by atoms with Gasteiger partial charge < -0.3 is 4.90 Å². The number of nitrogens with zero attached hydrogens (tertiary/aromatic N) is 3. The van der Waals surface area contributed by atoms with Gasteiger partial charge >= 0.3 is 0 Å². The average Bonchev–Trinajstić information content (AvgIpc) is 3.10. The molecule has 1 aromatic heterocycles. The molecule has 0 aliphatic carbocycles. The highest BCUT2D eigenvalue weighted by molar-refractivity contribution is 7.99. The summed E-state index contributed by atoms with van der Waals surface area (Å²) in [6.07, 6.45) is 1.36. The summed E-state index contributed by atoms with van der Waals surface area (Å²) < 4.78 is 1.02. The Balaban J connectivity index is 1.69. The third-order valence-electron chi connectivity index (χ3n) is 4.49. The van der Waals surface area contributed by atoms with Crippen LogP contribution in [0.25, 0.3) is 10.2 Å². The monoisotopic (exact) mass is 447 g/mol. The Labute approximate surface area is 185 Å². The molecule has 1 heterocycles. The normalized spacial score (nSPS) is 11.3. The lowest BCUT2D eigenvalue weighted by molar-refractivity contribution is -0.118. The molecule has 0 aliphatic rings. The van der Waals surface area contributed by atoms with Crippen LogP contribution in [0.15, 0.2) is 47.4 Å². The van der Waals surface area contributed by atoms with Crippen LogP contribution in [-0.4, -0.2) is 48.7 Å². The molecule has 3 rings (SSSR count). The lowest BCUT2D eigenvalue weighted by Crippen LogP contribution is -2.36. The zero-order valence-electron chi connectivity index (χ0n) is 17.0. The summed E-state index contributed by atoms with van der Waals surface area (Å²) in [7, 11) is 4.03. The third-order valence-corrected chi connectivity index (χ3v) is 6.83. The number of likely N-dealkylation sites (N-methyl/N-ethyl adjacent to an activating group) is 1. The molecule has 154 valence electrons. The molecule has 0 atom stereocenters. The quantitative estimate of drug-likeness (QED) is 0.310. The summed E-state index contributed by atoms with van der Waals surface area (Å²) in [5.41, 5.74) is 1.96. The number of carbonyl (C=O) groups is 1. The Morgan fingerprint density at radius 2 is 1.93 bits per heavy atom. The number of carbonyl (C=O) groups excluding carboxylic acids is 1.